The number of thioether (sulfide) groups is 1. The number of aromatic nitrogens is 4. The second kappa shape index (κ2) is 52.1. The smallest absolute Gasteiger partial charge is 0.303 e. The Labute approximate surface area is 796 Å². The van der Waals surface area contributed by atoms with Gasteiger partial charge in [-0.2, -0.15) is 0 Å². The Morgan fingerprint density at radius 3 is 1.69 bits per heavy atom. The highest BCUT2D eigenvalue weighted by atomic mass is 32.2. The summed E-state index contributed by atoms with van der Waals surface area (Å²) in [5.74, 6) is -20.1. The fourth-order valence-corrected chi connectivity index (χ4v) is 18.1. The Kier molecular flexibility index (Phi) is 40.8. The molecule has 0 radical (unpaired) electrons. The predicted octanol–water partition coefficient (Wildman–Crippen LogP) is -0.808. The molecule has 44 heteroatoms. The number of aliphatic hydroxyl groups excluding tert-OH is 1. The van der Waals surface area contributed by atoms with Crippen LogP contribution < -0.4 is 65.1 Å². The lowest BCUT2D eigenvalue weighted by Crippen LogP contribution is -2.60. The number of H-pyrrole nitrogens is 3. The van der Waals surface area contributed by atoms with Crippen molar-refractivity contribution in [2.75, 3.05) is 65.4 Å². The molecule has 15 amide bonds. The number of hydrogen-bond donors (Lipinski definition) is 19. The lowest BCUT2D eigenvalue weighted by Gasteiger charge is -2.36. The first kappa shape index (κ1) is 107. The monoisotopic (exact) mass is 1920 g/mol. The standard InChI is InChI=1S/C93H129N21O22S/c1-7-9-23-72-87(130)104-65(30-32-79(120)121)85(128)109-71(83(126)100-47-77(96)118)49-137-50-78(119)102-69(38-53-26-28-58(115)29-27-53)89(132)110(4)52(3)81(124)105-67(34-36-95)91(134)113-37-17-25-73(113)88(131)107-68(42-57-46-97-51-101-57)86(129)106-66(31-33-80(122)123)92(135)114-48-59(116)43-75(114)76(117)41-54(39-55-44-98-62-20-13-11-18-60(55)62)82(125)103-64(22-15-16-35-94)84(127)108-70(40-56-45-99-63-21-14-12-19-61(56)63)90(133)112(6)74(24-10-8-2)93(136)111(72)5/h11-14,18-21,26-29,44-46,51-52,54,59,64-75,98-99,115-116H,7-10,15-17,22-25,30-43,47-50,94-95H2,1-6H3,(H2,96,118)(H,97,101)(H,100,126)(H,102,119)(H,103,125)(H,104,130)(H,105,124)(H,106,129)(H,107,131)(H,108,127)(H,109,128)(H,120,121)(H,122,123)/t52-,54+,59+,64-,65-,66-,67-,68-,69-,70-,71-,72-,73-,74-,75-/m0/s1. The van der Waals surface area contributed by atoms with Crippen LogP contribution in [0.25, 0.3) is 21.8 Å². The molecule has 3 aliphatic rings. The topological polar surface area (TPSA) is 651 Å². The number of unbranched alkanes of at least 4 members (excludes halogenated alkanes) is 3. The Morgan fingerprint density at radius 2 is 1.07 bits per heavy atom. The Balaban J connectivity index is 1.11. The molecule has 3 aliphatic heterocycles. The minimum absolute atomic E-state index is 0.0103. The minimum atomic E-state index is -1.79. The number of carboxylic acid groups (broad SMARTS) is 2. The molecule has 0 spiro atoms. The van der Waals surface area contributed by atoms with Crippen molar-refractivity contribution >= 4 is 140 Å². The summed E-state index contributed by atoms with van der Waals surface area (Å²) >= 11 is 0.729. The van der Waals surface area contributed by atoms with Crippen molar-refractivity contribution < 1.29 is 107 Å². The van der Waals surface area contributed by atoms with Crippen LogP contribution in [0.3, 0.4) is 0 Å². The average Bonchev–Trinajstić information content (AvgIpc) is 1.37. The summed E-state index contributed by atoms with van der Waals surface area (Å²) in [5.41, 5.74) is 20.5. The second-order valence-electron chi connectivity index (χ2n) is 35.0. The van der Waals surface area contributed by atoms with Crippen LogP contribution in [0.4, 0.5) is 0 Å². The highest BCUT2D eigenvalue weighted by molar-refractivity contribution is 8.00. The molecule has 3 saturated heterocycles. The summed E-state index contributed by atoms with van der Waals surface area (Å²) in [6.45, 7) is 3.56. The van der Waals surface area contributed by atoms with Crippen LogP contribution in [-0.4, -0.2) is 321 Å². The number of carbonyl (C=O) groups is 18. The third-order valence-electron chi connectivity index (χ3n) is 25.0. The van der Waals surface area contributed by atoms with Crippen LogP contribution in [0.1, 0.15) is 159 Å². The number of benzene rings is 3. The normalized spacial score (nSPS) is 24.6. The molecule has 15 atom stereocenters. The summed E-state index contributed by atoms with van der Waals surface area (Å²) in [5, 5.41) is 67.1. The number of Topliss-reactive ketones (excluding diaryl/α,β-unsaturated/α-hetero) is 1. The van der Waals surface area contributed by atoms with Gasteiger partial charge in [0.1, 0.15) is 78.3 Å². The van der Waals surface area contributed by atoms with E-state index in [4.69, 9.17) is 17.2 Å². The highest BCUT2D eigenvalue weighted by Gasteiger charge is 2.47. The number of carbonyl (C=O) groups excluding carboxylic acids is 16. The number of aromatic amines is 3. The minimum Gasteiger partial charge on any atom is -0.508 e. The summed E-state index contributed by atoms with van der Waals surface area (Å²) in [4.78, 5) is 282. The summed E-state index contributed by atoms with van der Waals surface area (Å²) in [6, 6.07) is -0.271. The van der Waals surface area contributed by atoms with E-state index >= 15 is 38.4 Å². The van der Waals surface area contributed by atoms with Gasteiger partial charge in [0.2, 0.25) is 88.6 Å². The maximum Gasteiger partial charge on any atom is 0.303 e. The van der Waals surface area contributed by atoms with Crippen LogP contribution in [0.15, 0.2) is 97.7 Å². The molecule has 6 heterocycles. The van der Waals surface area contributed by atoms with Gasteiger partial charge in [0.05, 0.1) is 36.5 Å². The fourth-order valence-electron chi connectivity index (χ4n) is 17.2. The molecule has 137 heavy (non-hydrogen) atoms. The molecule has 6 aromatic rings. The number of aromatic hydroxyl groups is 1. The number of aliphatic carboxylic acids is 2. The molecule has 3 aromatic heterocycles. The van der Waals surface area contributed by atoms with Gasteiger partial charge in [0.25, 0.3) is 0 Å². The van der Waals surface area contributed by atoms with Gasteiger partial charge in [-0.15, -0.1) is 11.8 Å². The van der Waals surface area contributed by atoms with Gasteiger partial charge >= 0.3 is 11.9 Å². The SMILES string of the molecule is CCCC[C@H]1C(=O)N(C)[C@@H](CCCC)C(=O)N[C@@H](CCC(=O)O)C(=O)N[C@H](C(=O)NCC(N)=O)CSCC(=O)N[C@@H](Cc2ccc(O)cc2)C(=O)N(C)[C@@H](C)C(=O)N[C@@H](CCN)C(=O)N2CCC[C@H]2C(=O)N[C@@H](Cc2c[nH]cn2)C(=O)N[C@@H](CCC(=O)O)C(=O)N2C[C@H](O)C[C@H]2C(=O)C[C@@H](Cc2c[nH]c3ccccc23)C(=O)N[C@@H](CCCCN)C(=O)N[C@@H](Cc2c[nH]c3ccccc23)C(=O)N1C. The van der Waals surface area contributed by atoms with E-state index in [0.717, 1.165) is 31.4 Å². The van der Waals surface area contributed by atoms with Crippen LogP contribution in [0, 0.1) is 5.92 Å². The Morgan fingerprint density at radius 1 is 0.526 bits per heavy atom. The molecule has 22 N–H and O–H groups in total. The number of aliphatic hydroxyl groups is 1. The van der Waals surface area contributed by atoms with E-state index in [1.807, 2.05) is 6.92 Å². The third kappa shape index (κ3) is 30.3. The largest absolute Gasteiger partial charge is 0.508 e. The molecule has 43 nitrogen and oxygen atoms in total. The number of likely N-dealkylation sites (N-methyl/N-ethyl adjacent to an activating group) is 3. The number of phenols is 1. The van der Waals surface area contributed by atoms with Crippen molar-refractivity contribution in [2.24, 2.45) is 23.1 Å². The van der Waals surface area contributed by atoms with E-state index in [-0.39, 0.29) is 108 Å². The van der Waals surface area contributed by atoms with Crippen molar-refractivity contribution in [1.29, 1.82) is 0 Å². The number of primary amides is 1. The van der Waals surface area contributed by atoms with Gasteiger partial charge in [-0.3, -0.25) is 86.3 Å². The number of nitrogens with two attached hydrogens (primary N) is 3. The third-order valence-corrected chi connectivity index (χ3v) is 26.1. The van der Waals surface area contributed by atoms with E-state index in [0.29, 0.717) is 64.2 Å². The van der Waals surface area contributed by atoms with Gasteiger partial charge < -0.3 is 125 Å². The zero-order valence-electron chi connectivity index (χ0n) is 77.9. The summed E-state index contributed by atoms with van der Waals surface area (Å²) in [7, 11) is 3.91. The molecule has 0 saturated carbocycles. The number of ketones is 1. The van der Waals surface area contributed by atoms with Crippen LogP contribution >= 0.6 is 11.8 Å². The lowest BCUT2D eigenvalue weighted by molar-refractivity contribution is -0.149. The number of nitrogens with zero attached hydrogens (tertiary/aromatic N) is 6. The van der Waals surface area contributed by atoms with E-state index in [1.165, 1.54) is 69.8 Å². The van der Waals surface area contributed by atoms with Crippen molar-refractivity contribution in [2.45, 2.75) is 247 Å². The molecular formula is C93H129N21O22S. The van der Waals surface area contributed by atoms with Crippen molar-refractivity contribution in [3.8, 4) is 5.75 Å². The van der Waals surface area contributed by atoms with E-state index in [9.17, 15) is 68.4 Å². The molecule has 3 aromatic carbocycles. The van der Waals surface area contributed by atoms with E-state index in [2.05, 4.69) is 67.8 Å². The molecular weight excluding hydrogens is 1800 g/mol. The molecule has 3 fully saturated rings. The van der Waals surface area contributed by atoms with Gasteiger partial charge in [-0.1, -0.05) is 88.1 Å². The lowest BCUT2D eigenvalue weighted by atomic mass is 9.90. The number of hydrogen-bond acceptors (Lipinski definition) is 24. The van der Waals surface area contributed by atoms with Gasteiger partial charge in [0, 0.05) is 131 Å². The first-order chi connectivity index (χ1) is 65.4. The number of phenolic OH excluding ortho intramolecular Hbond substituents is 1. The quantitative estimate of drug-likeness (QED) is 0.0255. The van der Waals surface area contributed by atoms with Crippen molar-refractivity contribution in [3.63, 3.8) is 0 Å². The number of imidazole rings is 1. The van der Waals surface area contributed by atoms with Gasteiger partial charge in [-0.25, -0.2) is 4.98 Å². The number of carboxylic acids is 2. The molecule has 9 rings (SSSR count). The number of nitrogens with one attached hydrogen (secondary N) is 12. The zero-order chi connectivity index (χ0) is 99.9. The van der Waals surface area contributed by atoms with E-state index < -0.39 is 260 Å². The fraction of sp³-hybridized carbons (Fsp3) is 0.538. The second-order valence-corrected chi connectivity index (χ2v) is 36.1. The Bertz CT molecular complexity index is 5250. The number of rotatable bonds is 29. The summed E-state index contributed by atoms with van der Waals surface area (Å²) < 4.78 is 0. The van der Waals surface area contributed by atoms with E-state index in [1.54, 1.807) is 67.8 Å². The van der Waals surface area contributed by atoms with Gasteiger partial charge in [-0.05, 0) is 132 Å². The van der Waals surface area contributed by atoms with Gasteiger partial charge in [0.15, 0.2) is 5.78 Å². The van der Waals surface area contributed by atoms with Crippen molar-refractivity contribution in [1.82, 2.24) is 92.3 Å². The van der Waals surface area contributed by atoms with Crippen LogP contribution in [0.2, 0.25) is 0 Å². The van der Waals surface area contributed by atoms with Crippen LogP contribution in [0.5, 0.6) is 5.75 Å². The first-order valence-corrected chi connectivity index (χ1v) is 47.5. The number of para-hydroxylation sites is 2. The number of amides is 15. The highest BCUT2D eigenvalue weighted by Crippen LogP contribution is 2.30. The van der Waals surface area contributed by atoms with Crippen LogP contribution in [-0.2, 0) is 112 Å². The molecule has 744 valence electrons. The maximum atomic E-state index is 15.9. The predicted molar refractivity (Wildman–Crippen MR) is 502 cm³/mol. The first-order valence-electron chi connectivity index (χ1n) is 46.3. The number of fused-ring (bicyclic) bond motifs is 4. The maximum absolute atomic E-state index is 15.9. The summed E-state index contributed by atoms with van der Waals surface area (Å²) in [6.07, 6.45) is 1.66. The van der Waals surface area contributed by atoms with Crippen molar-refractivity contribution in [3.05, 3.63) is 120 Å². The molecule has 0 unspecified atom stereocenters. The average molecular weight is 1930 g/mol. The molecule has 0 bridgehead atoms. The molecule has 0 aliphatic carbocycles. The Hall–Kier alpha value is -13.4. The zero-order valence-corrected chi connectivity index (χ0v) is 78.7.